The highest BCUT2D eigenvalue weighted by Crippen LogP contribution is 2.09. The van der Waals surface area contributed by atoms with Crippen LogP contribution in [0.5, 0.6) is 0 Å². The van der Waals surface area contributed by atoms with Crippen molar-refractivity contribution in [3.05, 3.63) is 97.7 Å². The Kier molecular flexibility index (Phi) is 6.81. The van der Waals surface area contributed by atoms with Gasteiger partial charge >= 0.3 is 11.2 Å². The molecule has 0 aliphatic rings. The van der Waals surface area contributed by atoms with Crippen LogP contribution in [0.4, 0.5) is 14.6 Å². The molecule has 31 heavy (non-hydrogen) atoms. The lowest BCUT2D eigenvalue weighted by atomic mass is 10.2. The first-order valence-corrected chi connectivity index (χ1v) is 9.42. The molecule has 162 valence electrons. The first-order valence-electron chi connectivity index (χ1n) is 9.42. The molecular formula is C21H20F2N4O4. The average Bonchev–Trinajstić information content (AvgIpc) is 2.72. The number of halogens is 2. The average molecular weight is 430 g/mol. The van der Waals surface area contributed by atoms with Crippen molar-refractivity contribution in [2.45, 2.75) is 20.1 Å². The lowest BCUT2D eigenvalue weighted by Crippen LogP contribution is -2.45. The van der Waals surface area contributed by atoms with Crippen LogP contribution in [0.25, 0.3) is 0 Å². The van der Waals surface area contributed by atoms with Crippen LogP contribution in [0.1, 0.15) is 28.4 Å². The van der Waals surface area contributed by atoms with E-state index in [-0.39, 0.29) is 24.5 Å². The third-order valence-corrected chi connectivity index (χ3v) is 4.22. The summed E-state index contributed by atoms with van der Waals surface area (Å²) in [6.45, 7) is 1.73. The molecule has 1 heterocycles. The predicted octanol–water partition coefficient (Wildman–Crippen LogP) is 1.81. The van der Waals surface area contributed by atoms with Crippen molar-refractivity contribution in [1.29, 1.82) is 0 Å². The molecule has 0 radical (unpaired) electrons. The zero-order chi connectivity index (χ0) is 22.4. The summed E-state index contributed by atoms with van der Waals surface area (Å²) < 4.78 is 27.2. The Labute approximate surface area is 175 Å². The molecule has 1 aromatic heterocycles. The number of aromatic amines is 1. The molecule has 0 saturated carbocycles. The number of rotatable bonds is 8. The zero-order valence-electron chi connectivity index (χ0n) is 16.6. The summed E-state index contributed by atoms with van der Waals surface area (Å²) in [7, 11) is 0. The van der Waals surface area contributed by atoms with Crippen LogP contribution in [-0.4, -0.2) is 22.2 Å². The van der Waals surface area contributed by atoms with Gasteiger partial charge in [-0.1, -0.05) is 35.1 Å². The highest BCUT2D eigenvalue weighted by Gasteiger charge is 2.21. The van der Waals surface area contributed by atoms with Gasteiger partial charge in [0.1, 0.15) is 29.6 Å². The second kappa shape index (κ2) is 9.70. The van der Waals surface area contributed by atoms with Crippen LogP contribution in [0, 0.1) is 11.6 Å². The van der Waals surface area contributed by atoms with Gasteiger partial charge in [0.05, 0.1) is 0 Å². The second-order valence-electron chi connectivity index (χ2n) is 6.53. The Morgan fingerprint density at radius 1 is 1.06 bits per heavy atom. The quantitative estimate of drug-likeness (QED) is 0.506. The fraction of sp³-hybridized carbons (Fsp3) is 0.190. The molecule has 0 bridgehead atoms. The molecule has 3 aromatic rings. The molecular weight excluding hydrogens is 410 g/mol. The van der Waals surface area contributed by atoms with Gasteiger partial charge < -0.3 is 15.5 Å². The van der Waals surface area contributed by atoms with E-state index in [2.05, 4.69) is 15.6 Å². The second-order valence-corrected chi connectivity index (χ2v) is 6.53. The monoisotopic (exact) mass is 430 g/mol. The van der Waals surface area contributed by atoms with Gasteiger partial charge in [-0.05, 0) is 30.2 Å². The standard InChI is InChI=1S/C21H20F2N4O4/c1-2-24-18-17(19(28)25-11-14-8-15(22)10-16(23)9-14)20(29)27(21(30)26-18)31-12-13-6-4-3-5-7-13/h3-10,24H,2,11-12H2,1H3,(H,25,28)(H,26,30). The number of aromatic nitrogens is 2. The Balaban J connectivity index is 1.88. The highest BCUT2D eigenvalue weighted by molar-refractivity contribution is 5.98. The third kappa shape index (κ3) is 5.35. The summed E-state index contributed by atoms with van der Waals surface area (Å²) in [5.74, 6) is -2.52. The number of H-pyrrole nitrogens is 1. The van der Waals surface area contributed by atoms with E-state index in [0.717, 1.165) is 12.1 Å². The van der Waals surface area contributed by atoms with Crippen molar-refractivity contribution in [3.8, 4) is 0 Å². The normalized spacial score (nSPS) is 10.5. The topological polar surface area (TPSA) is 105 Å². The lowest BCUT2D eigenvalue weighted by molar-refractivity contribution is 0.0764. The summed E-state index contributed by atoms with van der Waals surface area (Å²) in [5, 5.41) is 5.18. The number of carbonyl (C=O) groups is 1. The molecule has 0 unspecified atom stereocenters. The number of hydrogen-bond acceptors (Lipinski definition) is 5. The van der Waals surface area contributed by atoms with Gasteiger partial charge in [-0.15, -0.1) is 0 Å². The van der Waals surface area contributed by atoms with E-state index in [9.17, 15) is 23.2 Å². The van der Waals surface area contributed by atoms with Gasteiger partial charge in [-0.2, -0.15) is 0 Å². The molecule has 0 spiro atoms. The molecule has 0 saturated heterocycles. The van der Waals surface area contributed by atoms with Gasteiger partial charge in [-0.25, -0.2) is 13.6 Å². The third-order valence-electron chi connectivity index (χ3n) is 4.22. The number of carbonyl (C=O) groups excluding carboxylic acids is 1. The van der Waals surface area contributed by atoms with E-state index < -0.39 is 34.4 Å². The minimum atomic E-state index is -0.974. The molecule has 3 rings (SSSR count). The zero-order valence-corrected chi connectivity index (χ0v) is 16.6. The number of benzene rings is 2. The number of anilines is 1. The number of nitrogens with one attached hydrogen (secondary N) is 3. The summed E-state index contributed by atoms with van der Waals surface area (Å²) in [4.78, 5) is 45.6. The van der Waals surface area contributed by atoms with E-state index >= 15 is 0 Å². The lowest BCUT2D eigenvalue weighted by Gasteiger charge is -2.13. The maximum atomic E-state index is 13.4. The van der Waals surface area contributed by atoms with E-state index in [1.807, 2.05) is 0 Å². The molecule has 10 heteroatoms. The van der Waals surface area contributed by atoms with Crippen LogP contribution in [0.3, 0.4) is 0 Å². The molecule has 0 aliphatic heterocycles. The van der Waals surface area contributed by atoms with Crippen LogP contribution >= 0.6 is 0 Å². The molecule has 0 aliphatic carbocycles. The fourth-order valence-electron chi connectivity index (χ4n) is 2.86. The van der Waals surface area contributed by atoms with Gasteiger partial charge in [0.25, 0.3) is 5.91 Å². The Hall–Kier alpha value is -3.95. The predicted molar refractivity (Wildman–Crippen MR) is 110 cm³/mol. The van der Waals surface area contributed by atoms with Crippen LogP contribution in [0.15, 0.2) is 58.1 Å². The van der Waals surface area contributed by atoms with Gasteiger partial charge in [0.15, 0.2) is 0 Å². The van der Waals surface area contributed by atoms with Gasteiger partial charge in [-0.3, -0.25) is 14.6 Å². The van der Waals surface area contributed by atoms with Crippen molar-refractivity contribution >= 4 is 11.7 Å². The SMILES string of the molecule is CCNc1[nH]c(=O)n(OCc2ccccc2)c(=O)c1C(=O)NCc1cc(F)cc(F)c1. The van der Waals surface area contributed by atoms with Crippen LogP contribution in [-0.2, 0) is 13.2 Å². The molecule has 0 atom stereocenters. The van der Waals surface area contributed by atoms with E-state index in [0.29, 0.717) is 22.9 Å². The van der Waals surface area contributed by atoms with Gasteiger partial charge in [0, 0.05) is 19.2 Å². The Morgan fingerprint density at radius 2 is 1.74 bits per heavy atom. The van der Waals surface area contributed by atoms with Crippen molar-refractivity contribution < 1.29 is 18.4 Å². The summed E-state index contributed by atoms with van der Waals surface area (Å²) >= 11 is 0. The number of nitrogens with zero attached hydrogens (tertiary/aromatic N) is 1. The van der Waals surface area contributed by atoms with Crippen LogP contribution in [0.2, 0.25) is 0 Å². The summed E-state index contributed by atoms with van der Waals surface area (Å²) in [5.41, 5.74) is -1.35. The van der Waals surface area contributed by atoms with E-state index in [1.165, 1.54) is 0 Å². The van der Waals surface area contributed by atoms with Crippen molar-refractivity contribution in [3.63, 3.8) is 0 Å². The number of hydrogen-bond donors (Lipinski definition) is 3. The molecule has 3 N–H and O–H groups in total. The largest absolute Gasteiger partial charge is 0.401 e. The molecule has 1 amide bonds. The van der Waals surface area contributed by atoms with E-state index in [4.69, 9.17) is 4.84 Å². The van der Waals surface area contributed by atoms with Crippen molar-refractivity contribution in [2.24, 2.45) is 0 Å². The van der Waals surface area contributed by atoms with Crippen LogP contribution < -0.4 is 26.7 Å². The first kappa shape index (κ1) is 21.8. The molecule has 0 fully saturated rings. The minimum absolute atomic E-state index is 0.0754. The Bertz CT molecular complexity index is 1170. The van der Waals surface area contributed by atoms with E-state index in [1.54, 1.807) is 37.3 Å². The maximum Gasteiger partial charge on any atom is 0.363 e. The van der Waals surface area contributed by atoms with Crippen molar-refractivity contribution in [1.82, 2.24) is 15.0 Å². The number of amides is 1. The highest BCUT2D eigenvalue weighted by atomic mass is 19.1. The molecule has 8 nitrogen and oxygen atoms in total. The summed E-state index contributed by atoms with van der Waals surface area (Å²) in [6.07, 6.45) is 0. The first-order chi connectivity index (χ1) is 14.9. The smallest absolute Gasteiger partial charge is 0.363 e. The Morgan fingerprint density at radius 3 is 2.39 bits per heavy atom. The minimum Gasteiger partial charge on any atom is -0.401 e. The summed E-state index contributed by atoms with van der Waals surface area (Å²) in [6, 6.07) is 11.7. The fourth-order valence-corrected chi connectivity index (χ4v) is 2.86. The van der Waals surface area contributed by atoms with Gasteiger partial charge in [0.2, 0.25) is 0 Å². The maximum absolute atomic E-state index is 13.4. The van der Waals surface area contributed by atoms with Crippen molar-refractivity contribution in [2.75, 3.05) is 11.9 Å². The molecule has 2 aromatic carbocycles.